The summed E-state index contributed by atoms with van der Waals surface area (Å²) in [5.41, 5.74) is 1.47. The summed E-state index contributed by atoms with van der Waals surface area (Å²) in [7, 11) is 0. The van der Waals surface area contributed by atoms with Crippen molar-refractivity contribution in [2.24, 2.45) is 0 Å². The van der Waals surface area contributed by atoms with Gasteiger partial charge in [-0.3, -0.25) is 0 Å². The van der Waals surface area contributed by atoms with Gasteiger partial charge in [-0.15, -0.1) is 0 Å². The first kappa shape index (κ1) is 13.8. The van der Waals surface area contributed by atoms with E-state index in [-0.39, 0.29) is 0 Å². The summed E-state index contributed by atoms with van der Waals surface area (Å²) in [5.74, 6) is 1.41. The molecule has 0 bridgehead atoms. The minimum atomic E-state index is -0.987. The number of hydrogen-bond donors (Lipinski definition) is 2. The van der Waals surface area contributed by atoms with E-state index in [1.54, 1.807) is 6.92 Å². The fourth-order valence-corrected chi connectivity index (χ4v) is 1.97. The number of rotatable bonds is 5. The lowest BCUT2D eigenvalue weighted by atomic mass is 10.0. The number of aliphatic hydroxyl groups is 1. The van der Waals surface area contributed by atoms with E-state index in [1.165, 1.54) is 11.1 Å². The Morgan fingerprint density at radius 1 is 1.11 bits per heavy atom. The van der Waals surface area contributed by atoms with Crippen LogP contribution in [-0.4, -0.2) is 11.7 Å². The highest BCUT2D eigenvalue weighted by Gasteiger charge is 2.26. The van der Waals surface area contributed by atoms with E-state index in [1.807, 2.05) is 19.1 Å². The summed E-state index contributed by atoms with van der Waals surface area (Å²) >= 11 is 0. The topological polar surface area (TPSA) is 45.4 Å². The molecule has 0 radical (unpaired) electrons. The molecule has 1 atom stereocenters. The van der Waals surface area contributed by atoms with E-state index in [4.69, 9.17) is 4.42 Å². The van der Waals surface area contributed by atoms with Crippen LogP contribution in [0.5, 0.6) is 0 Å². The first-order valence-corrected chi connectivity index (χ1v) is 6.53. The predicted molar refractivity (Wildman–Crippen MR) is 75.9 cm³/mol. The zero-order valence-electron chi connectivity index (χ0n) is 11.7. The van der Waals surface area contributed by atoms with Gasteiger partial charge in [-0.05, 0) is 38.5 Å². The Morgan fingerprint density at radius 3 is 2.37 bits per heavy atom. The summed E-state index contributed by atoms with van der Waals surface area (Å²) in [6.45, 7) is 6.89. The lowest BCUT2D eigenvalue weighted by molar-refractivity contribution is 0.0333. The van der Waals surface area contributed by atoms with Crippen molar-refractivity contribution in [2.75, 3.05) is 6.54 Å². The van der Waals surface area contributed by atoms with Crippen LogP contribution < -0.4 is 5.32 Å². The number of nitrogens with one attached hydrogen (secondary N) is 1. The van der Waals surface area contributed by atoms with Crippen LogP contribution in [0.1, 0.15) is 29.6 Å². The zero-order chi connectivity index (χ0) is 13.9. The Kier molecular flexibility index (Phi) is 4.08. The third kappa shape index (κ3) is 3.69. The van der Waals surface area contributed by atoms with E-state index >= 15 is 0 Å². The summed E-state index contributed by atoms with van der Waals surface area (Å²) in [5, 5.41) is 13.6. The standard InChI is InChI=1S/C16H21NO2/c1-12-4-7-14(8-5-12)10-17-11-16(3,18)15-9-6-13(2)19-15/h4-9,17-18H,10-11H2,1-3H3. The zero-order valence-corrected chi connectivity index (χ0v) is 11.7. The average Bonchev–Trinajstić information content (AvgIpc) is 2.79. The Morgan fingerprint density at radius 2 is 1.79 bits per heavy atom. The lowest BCUT2D eigenvalue weighted by Gasteiger charge is -2.21. The Bertz CT molecular complexity index is 526. The van der Waals surface area contributed by atoms with Gasteiger partial charge in [0.05, 0.1) is 0 Å². The molecule has 2 aromatic rings. The molecule has 3 nitrogen and oxygen atoms in total. The van der Waals surface area contributed by atoms with Gasteiger partial charge in [-0.25, -0.2) is 0 Å². The summed E-state index contributed by atoms with van der Waals surface area (Å²) in [6.07, 6.45) is 0. The van der Waals surface area contributed by atoms with Crippen LogP contribution >= 0.6 is 0 Å². The van der Waals surface area contributed by atoms with E-state index < -0.39 is 5.60 Å². The van der Waals surface area contributed by atoms with Crippen LogP contribution in [0, 0.1) is 13.8 Å². The van der Waals surface area contributed by atoms with Gasteiger partial charge in [-0.2, -0.15) is 0 Å². The molecule has 3 heteroatoms. The molecular weight excluding hydrogens is 238 g/mol. The molecule has 0 aliphatic carbocycles. The van der Waals surface area contributed by atoms with Crippen molar-refractivity contribution in [3.8, 4) is 0 Å². The van der Waals surface area contributed by atoms with Crippen molar-refractivity contribution < 1.29 is 9.52 Å². The van der Waals surface area contributed by atoms with Crippen molar-refractivity contribution in [1.82, 2.24) is 5.32 Å². The molecule has 1 aromatic heterocycles. The van der Waals surface area contributed by atoms with Gasteiger partial charge < -0.3 is 14.8 Å². The smallest absolute Gasteiger partial charge is 0.136 e. The molecule has 0 aliphatic heterocycles. The second-order valence-electron chi connectivity index (χ2n) is 5.27. The minimum Gasteiger partial charge on any atom is -0.463 e. The summed E-state index contributed by atoms with van der Waals surface area (Å²) in [4.78, 5) is 0. The molecule has 1 aromatic carbocycles. The van der Waals surface area contributed by atoms with E-state index in [0.717, 1.165) is 12.3 Å². The lowest BCUT2D eigenvalue weighted by Crippen LogP contribution is -2.34. The predicted octanol–water partition coefficient (Wildman–Crippen LogP) is 2.89. The number of hydrogen-bond acceptors (Lipinski definition) is 3. The van der Waals surface area contributed by atoms with E-state index in [2.05, 4.69) is 36.5 Å². The molecule has 0 aliphatic rings. The summed E-state index contributed by atoms with van der Waals surface area (Å²) < 4.78 is 5.48. The van der Waals surface area contributed by atoms with Crippen molar-refractivity contribution in [3.63, 3.8) is 0 Å². The fraction of sp³-hybridized carbons (Fsp3) is 0.375. The molecule has 0 saturated carbocycles. The molecule has 2 N–H and O–H groups in total. The first-order valence-electron chi connectivity index (χ1n) is 6.53. The molecule has 0 fully saturated rings. The maximum absolute atomic E-state index is 10.4. The molecule has 0 amide bonds. The number of furan rings is 1. The van der Waals surface area contributed by atoms with Crippen LogP contribution in [0.25, 0.3) is 0 Å². The highest BCUT2D eigenvalue weighted by atomic mass is 16.4. The van der Waals surface area contributed by atoms with Crippen molar-refractivity contribution in [1.29, 1.82) is 0 Å². The molecule has 0 spiro atoms. The van der Waals surface area contributed by atoms with Gasteiger partial charge in [0.15, 0.2) is 0 Å². The van der Waals surface area contributed by atoms with Crippen LogP contribution in [0.15, 0.2) is 40.8 Å². The fourth-order valence-electron chi connectivity index (χ4n) is 1.97. The summed E-state index contributed by atoms with van der Waals surface area (Å²) in [6, 6.07) is 12.0. The van der Waals surface area contributed by atoms with Gasteiger partial charge in [0.2, 0.25) is 0 Å². The number of benzene rings is 1. The van der Waals surface area contributed by atoms with E-state index in [9.17, 15) is 5.11 Å². The van der Waals surface area contributed by atoms with Crippen molar-refractivity contribution in [2.45, 2.75) is 32.9 Å². The maximum Gasteiger partial charge on any atom is 0.136 e. The van der Waals surface area contributed by atoms with Crippen molar-refractivity contribution >= 4 is 0 Å². The number of aryl methyl sites for hydroxylation is 2. The largest absolute Gasteiger partial charge is 0.463 e. The van der Waals surface area contributed by atoms with Crippen LogP contribution in [0.4, 0.5) is 0 Å². The maximum atomic E-state index is 10.4. The van der Waals surface area contributed by atoms with Crippen LogP contribution in [0.3, 0.4) is 0 Å². The molecule has 1 unspecified atom stereocenters. The van der Waals surface area contributed by atoms with Crippen LogP contribution in [0.2, 0.25) is 0 Å². The van der Waals surface area contributed by atoms with Crippen molar-refractivity contribution in [3.05, 3.63) is 59.0 Å². The Balaban J connectivity index is 1.89. The molecule has 2 rings (SSSR count). The van der Waals surface area contributed by atoms with Crippen LogP contribution in [-0.2, 0) is 12.1 Å². The monoisotopic (exact) mass is 259 g/mol. The molecular formula is C16H21NO2. The highest BCUT2D eigenvalue weighted by molar-refractivity contribution is 5.21. The second-order valence-corrected chi connectivity index (χ2v) is 5.27. The van der Waals surface area contributed by atoms with Gasteiger partial charge >= 0.3 is 0 Å². The second kappa shape index (κ2) is 5.59. The minimum absolute atomic E-state index is 0.452. The Labute approximate surface area is 114 Å². The molecule has 102 valence electrons. The molecule has 19 heavy (non-hydrogen) atoms. The van der Waals surface area contributed by atoms with Gasteiger partial charge in [-0.1, -0.05) is 29.8 Å². The van der Waals surface area contributed by atoms with Gasteiger partial charge in [0.25, 0.3) is 0 Å². The third-order valence-electron chi connectivity index (χ3n) is 3.19. The Hall–Kier alpha value is -1.58. The van der Waals surface area contributed by atoms with Gasteiger partial charge in [0, 0.05) is 13.1 Å². The van der Waals surface area contributed by atoms with E-state index in [0.29, 0.717) is 12.3 Å². The highest BCUT2D eigenvalue weighted by Crippen LogP contribution is 2.22. The quantitative estimate of drug-likeness (QED) is 0.868. The molecule has 0 saturated heterocycles. The molecule has 1 heterocycles. The normalized spacial score (nSPS) is 14.3. The van der Waals surface area contributed by atoms with Gasteiger partial charge in [0.1, 0.15) is 17.1 Å². The third-order valence-corrected chi connectivity index (χ3v) is 3.19. The SMILES string of the molecule is Cc1ccc(CNCC(C)(O)c2ccc(C)o2)cc1. The first-order chi connectivity index (χ1) is 8.97. The average molecular weight is 259 g/mol.